The van der Waals surface area contributed by atoms with Crippen molar-refractivity contribution in [2.75, 3.05) is 37.0 Å². The molecule has 0 unspecified atom stereocenters. The molecule has 1 amide bonds. The summed E-state index contributed by atoms with van der Waals surface area (Å²) in [5.74, 6) is -2.37. The molecular formula is C26H28F3N5O7. The minimum atomic E-state index is -4.64. The number of anilines is 1. The van der Waals surface area contributed by atoms with Gasteiger partial charge in [0.2, 0.25) is 11.9 Å². The average molecular weight is 580 g/mol. The van der Waals surface area contributed by atoms with E-state index < -0.39 is 49.4 Å². The molecule has 2 aliphatic rings. The number of amides is 1. The molecule has 0 radical (unpaired) electrons. The van der Waals surface area contributed by atoms with Gasteiger partial charge in [-0.3, -0.25) is 9.59 Å². The van der Waals surface area contributed by atoms with Crippen molar-refractivity contribution in [3.05, 3.63) is 63.4 Å². The monoisotopic (exact) mass is 579 g/mol. The highest BCUT2D eigenvalue weighted by Crippen LogP contribution is 2.30. The van der Waals surface area contributed by atoms with Crippen LogP contribution in [0.1, 0.15) is 34.8 Å². The second-order valence-electron chi connectivity index (χ2n) is 9.80. The highest BCUT2D eigenvalue weighted by atomic mass is 19.4. The zero-order valence-electron chi connectivity index (χ0n) is 22.1. The van der Waals surface area contributed by atoms with Crippen LogP contribution in [0.4, 0.5) is 19.1 Å². The molecule has 1 aromatic carbocycles. The fraction of sp³-hybridized carbons (Fsp3) is 0.462. The molecule has 3 aromatic rings. The molecule has 2 N–H and O–H groups in total. The van der Waals surface area contributed by atoms with E-state index in [1.165, 1.54) is 6.92 Å². The van der Waals surface area contributed by atoms with Crippen molar-refractivity contribution in [3.8, 4) is 5.75 Å². The topological polar surface area (TPSA) is 141 Å². The van der Waals surface area contributed by atoms with Crippen molar-refractivity contribution < 1.29 is 41.1 Å². The lowest BCUT2D eigenvalue weighted by Crippen LogP contribution is -2.41. The molecule has 2 aromatic heterocycles. The van der Waals surface area contributed by atoms with Crippen molar-refractivity contribution in [1.29, 1.82) is 0 Å². The molecule has 15 heteroatoms. The number of alkyl halides is 3. The number of nitrogens with one attached hydrogen (secondary N) is 2. The number of esters is 1. The number of fused-ring (bicyclic) bond motifs is 2. The quantitative estimate of drug-likeness (QED) is 0.363. The average Bonchev–Trinajstić information content (AvgIpc) is 3.44. The Bertz CT molecular complexity index is 1460. The van der Waals surface area contributed by atoms with Crippen LogP contribution >= 0.6 is 0 Å². The Hall–Kier alpha value is -4.43. The summed E-state index contributed by atoms with van der Waals surface area (Å²) in [6.07, 6.45) is -2.68. The van der Waals surface area contributed by atoms with E-state index in [0.717, 1.165) is 18.8 Å². The number of aryl methyl sites for hydroxylation is 1. The first kappa shape index (κ1) is 28.1. The molecule has 2 aliphatic heterocycles. The summed E-state index contributed by atoms with van der Waals surface area (Å²) in [4.78, 5) is 42.0. The number of imidazole rings is 1. The number of aromatic nitrogens is 2. The fourth-order valence-corrected chi connectivity index (χ4v) is 4.77. The van der Waals surface area contributed by atoms with Gasteiger partial charge in [-0.05, 0) is 36.6 Å². The maximum absolute atomic E-state index is 13.4. The molecule has 12 nitrogen and oxygen atoms in total. The first-order valence-corrected chi connectivity index (χ1v) is 13.0. The maximum Gasteiger partial charge on any atom is 0.519 e. The van der Waals surface area contributed by atoms with Crippen molar-refractivity contribution in [1.82, 2.24) is 14.6 Å². The van der Waals surface area contributed by atoms with E-state index in [4.69, 9.17) is 18.3 Å². The van der Waals surface area contributed by atoms with Gasteiger partial charge in [0.25, 0.3) is 0 Å². The molecule has 220 valence electrons. The van der Waals surface area contributed by atoms with Crippen molar-refractivity contribution in [2.45, 2.75) is 45.5 Å². The lowest BCUT2D eigenvalue weighted by molar-refractivity contribution is -0.166. The van der Waals surface area contributed by atoms with Crippen LogP contribution in [0.2, 0.25) is 0 Å². The van der Waals surface area contributed by atoms with Gasteiger partial charge in [-0.1, -0.05) is 6.07 Å². The molecule has 41 heavy (non-hydrogen) atoms. The first-order valence-electron chi connectivity index (χ1n) is 13.0. The summed E-state index contributed by atoms with van der Waals surface area (Å²) in [5, 5.41) is 3.18. The molecule has 0 saturated carbocycles. The number of carbonyl (C=O) groups is 2. The van der Waals surface area contributed by atoms with Gasteiger partial charge in [0, 0.05) is 26.1 Å². The van der Waals surface area contributed by atoms with E-state index in [-0.39, 0.29) is 31.1 Å². The number of benzene rings is 1. The summed E-state index contributed by atoms with van der Waals surface area (Å²) in [6, 6.07) is 5.00. The van der Waals surface area contributed by atoms with Crippen LogP contribution in [0.25, 0.3) is 0 Å². The number of rotatable bonds is 9. The van der Waals surface area contributed by atoms with Crippen molar-refractivity contribution >= 4 is 17.8 Å². The lowest BCUT2D eigenvalue weighted by Gasteiger charge is -2.25. The van der Waals surface area contributed by atoms with Crippen molar-refractivity contribution in [2.24, 2.45) is 5.92 Å². The third-order valence-corrected chi connectivity index (χ3v) is 6.72. The SMILES string of the molecule is Cc1oc(=O)oc1COC(=O)C[C@@H]1Cc2ccc(OCCc3cn4c(n3)NCCN4)cc2CN(CC(F)(F)F)C1=O. The van der Waals surface area contributed by atoms with Gasteiger partial charge in [0.1, 0.15) is 12.3 Å². The summed E-state index contributed by atoms with van der Waals surface area (Å²) in [5.41, 5.74) is 5.11. The lowest BCUT2D eigenvalue weighted by atomic mass is 9.94. The first-order chi connectivity index (χ1) is 19.5. The standard InChI is InChI=1S/C26H28F3N5O7/c1-15-21(41-25(37)40-15)13-39-22(35)10-17-8-16-2-3-20(9-18(16)11-33(23(17)36)14-26(27,28)29)38-7-4-19-12-34-24(32-19)30-5-6-31-34/h2-3,9,12,17,31H,4-8,10-11,13-14H2,1H3,(H,30,32)/t17-/m0/s1. The largest absolute Gasteiger partial charge is 0.519 e. The molecule has 1 atom stereocenters. The Labute approximate surface area is 231 Å². The van der Waals surface area contributed by atoms with Gasteiger partial charge in [-0.2, -0.15) is 13.2 Å². The Morgan fingerprint density at radius 2 is 2.02 bits per heavy atom. The van der Waals surface area contributed by atoms with E-state index in [2.05, 4.69) is 15.7 Å². The van der Waals surface area contributed by atoms with Crippen LogP contribution in [-0.2, 0) is 40.3 Å². The van der Waals surface area contributed by atoms with E-state index in [0.29, 0.717) is 34.1 Å². The van der Waals surface area contributed by atoms with Crippen LogP contribution in [-0.4, -0.2) is 58.9 Å². The predicted molar refractivity (Wildman–Crippen MR) is 136 cm³/mol. The normalized spacial score (nSPS) is 16.7. The molecular weight excluding hydrogens is 551 g/mol. The number of carbonyl (C=O) groups excluding carboxylic acids is 2. The third-order valence-electron chi connectivity index (χ3n) is 6.72. The van der Waals surface area contributed by atoms with Crippen LogP contribution < -0.4 is 21.3 Å². The Morgan fingerprint density at radius 1 is 1.20 bits per heavy atom. The molecule has 0 aliphatic carbocycles. The van der Waals surface area contributed by atoms with E-state index in [9.17, 15) is 27.6 Å². The van der Waals surface area contributed by atoms with Gasteiger partial charge in [-0.15, -0.1) is 0 Å². The summed E-state index contributed by atoms with van der Waals surface area (Å²) < 4.78 is 62.4. The maximum atomic E-state index is 13.4. The van der Waals surface area contributed by atoms with Gasteiger partial charge in [0.05, 0.1) is 30.8 Å². The van der Waals surface area contributed by atoms with E-state index >= 15 is 0 Å². The van der Waals surface area contributed by atoms with Crippen LogP contribution in [0, 0.1) is 12.8 Å². The van der Waals surface area contributed by atoms with Gasteiger partial charge < -0.3 is 34.0 Å². The molecule has 0 spiro atoms. The third kappa shape index (κ3) is 7.02. The number of halogens is 3. The predicted octanol–water partition coefficient (Wildman–Crippen LogP) is 2.52. The summed E-state index contributed by atoms with van der Waals surface area (Å²) in [7, 11) is 0. The highest BCUT2D eigenvalue weighted by Gasteiger charge is 2.38. The zero-order valence-corrected chi connectivity index (χ0v) is 22.1. The van der Waals surface area contributed by atoms with E-state index in [1.54, 1.807) is 22.9 Å². The molecule has 0 bridgehead atoms. The molecule has 0 fully saturated rings. The number of nitrogens with zero attached hydrogens (tertiary/aromatic N) is 3. The molecule has 5 rings (SSSR count). The Balaban J connectivity index is 1.26. The fourth-order valence-electron chi connectivity index (χ4n) is 4.77. The summed E-state index contributed by atoms with van der Waals surface area (Å²) >= 11 is 0. The smallest absolute Gasteiger partial charge is 0.493 e. The van der Waals surface area contributed by atoms with Gasteiger partial charge >= 0.3 is 18.0 Å². The minimum Gasteiger partial charge on any atom is -0.493 e. The van der Waals surface area contributed by atoms with Gasteiger partial charge in [-0.25, -0.2) is 14.5 Å². The summed E-state index contributed by atoms with van der Waals surface area (Å²) in [6.45, 7) is 1.11. The number of hydrogen-bond acceptors (Lipinski definition) is 10. The minimum absolute atomic E-state index is 0.00737. The van der Waals surface area contributed by atoms with Crippen LogP contribution in [0.15, 0.2) is 38.0 Å². The second kappa shape index (κ2) is 11.6. The Morgan fingerprint density at radius 3 is 2.76 bits per heavy atom. The highest BCUT2D eigenvalue weighted by molar-refractivity contribution is 5.84. The van der Waals surface area contributed by atoms with Crippen LogP contribution in [0.5, 0.6) is 5.75 Å². The molecule has 4 heterocycles. The molecule has 0 saturated heterocycles. The second-order valence-corrected chi connectivity index (χ2v) is 9.80. The van der Waals surface area contributed by atoms with Gasteiger partial charge in [0.15, 0.2) is 18.1 Å². The Kier molecular flexibility index (Phi) is 7.94. The van der Waals surface area contributed by atoms with Crippen molar-refractivity contribution in [3.63, 3.8) is 0 Å². The zero-order chi connectivity index (χ0) is 29.1. The van der Waals surface area contributed by atoms with Crippen LogP contribution in [0.3, 0.4) is 0 Å². The van der Waals surface area contributed by atoms with E-state index in [1.807, 2.05) is 6.20 Å². The number of ether oxygens (including phenoxy) is 2. The number of hydrogen-bond donors (Lipinski definition) is 2.